The summed E-state index contributed by atoms with van der Waals surface area (Å²) >= 11 is 0. The fourth-order valence-corrected chi connectivity index (χ4v) is 2.32. The molecule has 10 heteroatoms. The molecule has 10 nitrogen and oxygen atoms in total. The van der Waals surface area contributed by atoms with Gasteiger partial charge in [-0.25, -0.2) is 0 Å². The molecule has 0 fully saturated rings. The van der Waals surface area contributed by atoms with E-state index in [1.807, 2.05) is 20.8 Å². The molecule has 0 aromatic carbocycles. The van der Waals surface area contributed by atoms with Gasteiger partial charge >= 0.3 is 0 Å². The van der Waals surface area contributed by atoms with Crippen molar-refractivity contribution >= 4 is 29.5 Å². The normalized spacial score (nSPS) is 10.3. The van der Waals surface area contributed by atoms with E-state index in [-0.39, 0.29) is 81.4 Å². The number of amides is 5. The van der Waals surface area contributed by atoms with E-state index in [1.165, 1.54) is 0 Å². The summed E-state index contributed by atoms with van der Waals surface area (Å²) in [5.74, 6) is -0.488. The van der Waals surface area contributed by atoms with E-state index < -0.39 is 0 Å². The lowest BCUT2D eigenvalue weighted by Gasteiger charge is -2.08. The minimum atomic E-state index is -0.271. The van der Waals surface area contributed by atoms with Crippen LogP contribution >= 0.6 is 0 Å². The van der Waals surface area contributed by atoms with E-state index >= 15 is 0 Å². The van der Waals surface area contributed by atoms with Crippen molar-refractivity contribution in [3.05, 3.63) is 0 Å². The first-order valence-electron chi connectivity index (χ1n) is 10.6. The Morgan fingerprint density at radius 2 is 0.833 bits per heavy atom. The first kappa shape index (κ1) is 27.4. The van der Waals surface area contributed by atoms with Gasteiger partial charge in [0.2, 0.25) is 29.5 Å². The van der Waals surface area contributed by atoms with Gasteiger partial charge < -0.3 is 26.6 Å². The van der Waals surface area contributed by atoms with Crippen molar-refractivity contribution in [3.63, 3.8) is 0 Å². The van der Waals surface area contributed by atoms with Crippen molar-refractivity contribution in [2.24, 2.45) is 5.92 Å². The second kappa shape index (κ2) is 17.2. The van der Waals surface area contributed by atoms with Crippen LogP contribution in [0.5, 0.6) is 0 Å². The summed E-state index contributed by atoms with van der Waals surface area (Å²) in [7, 11) is 0. The van der Waals surface area contributed by atoms with Crippen LogP contribution in [0, 0.1) is 5.92 Å². The predicted octanol–water partition coefficient (Wildman–Crippen LogP) is -0.416. The lowest BCUT2D eigenvalue weighted by molar-refractivity contribution is -0.124. The molecule has 0 aromatic heterocycles. The van der Waals surface area contributed by atoms with E-state index in [2.05, 4.69) is 26.6 Å². The summed E-state index contributed by atoms with van der Waals surface area (Å²) in [6.45, 7) is 7.35. The Morgan fingerprint density at radius 1 is 0.533 bits per heavy atom. The molecular formula is C20H37N5O5. The average Bonchev–Trinajstić information content (AvgIpc) is 2.66. The van der Waals surface area contributed by atoms with Crippen molar-refractivity contribution in [2.45, 2.75) is 59.3 Å². The minimum absolute atomic E-state index is 0.0656. The maximum Gasteiger partial charge on any atom is 0.221 e. The fourth-order valence-electron chi connectivity index (χ4n) is 2.32. The summed E-state index contributed by atoms with van der Waals surface area (Å²) in [5.41, 5.74) is 0. The highest BCUT2D eigenvalue weighted by molar-refractivity contribution is 5.81. The molecule has 0 atom stereocenters. The molecule has 0 spiro atoms. The lowest BCUT2D eigenvalue weighted by Crippen LogP contribution is -2.35. The Bertz CT molecular complexity index is 566. The minimum Gasteiger partial charge on any atom is -0.356 e. The van der Waals surface area contributed by atoms with Crippen LogP contribution in [0.2, 0.25) is 0 Å². The molecule has 0 bridgehead atoms. The van der Waals surface area contributed by atoms with Crippen LogP contribution in [0.4, 0.5) is 0 Å². The largest absolute Gasteiger partial charge is 0.356 e. The third kappa shape index (κ3) is 17.4. The van der Waals surface area contributed by atoms with E-state index in [0.717, 1.165) is 6.42 Å². The summed E-state index contributed by atoms with van der Waals surface area (Å²) in [6.07, 6.45) is 1.85. The maximum absolute atomic E-state index is 11.7. The lowest BCUT2D eigenvalue weighted by atomic mass is 10.1. The van der Waals surface area contributed by atoms with Crippen molar-refractivity contribution < 1.29 is 24.0 Å². The topological polar surface area (TPSA) is 146 Å². The molecule has 0 aliphatic rings. The number of rotatable bonds is 16. The smallest absolute Gasteiger partial charge is 0.221 e. The predicted molar refractivity (Wildman–Crippen MR) is 113 cm³/mol. The Kier molecular flexibility index (Phi) is 15.7. The highest BCUT2D eigenvalue weighted by Crippen LogP contribution is 2.02. The third-order valence-electron chi connectivity index (χ3n) is 4.02. The van der Waals surface area contributed by atoms with Crippen molar-refractivity contribution in [2.75, 3.05) is 32.7 Å². The molecule has 0 radical (unpaired) electrons. The quantitative estimate of drug-likeness (QED) is 0.227. The SMILES string of the molecule is CCNC(=O)CCNC(=O)CCNC(=O)CCNC(=O)CCNC(=O)CCC(C)C. The monoisotopic (exact) mass is 427 g/mol. The Hall–Kier alpha value is -2.65. The van der Waals surface area contributed by atoms with Gasteiger partial charge in [-0.2, -0.15) is 0 Å². The van der Waals surface area contributed by atoms with Gasteiger partial charge in [-0.05, 0) is 19.3 Å². The molecule has 172 valence electrons. The Balaban J connectivity index is 3.66. The van der Waals surface area contributed by atoms with Crippen LogP contribution in [0.25, 0.3) is 0 Å². The molecule has 0 aliphatic carbocycles. The van der Waals surface area contributed by atoms with Crippen LogP contribution < -0.4 is 26.6 Å². The standard InChI is InChI=1S/C20H37N5O5/c1-4-21-17(27)7-11-23-19(29)9-13-25-20(30)10-14-24-18(28)8-12-22-16(26)6-5-15(2)3/h15H,4-14H2,1-3H3,(H,21,27)(H,22,26)(H,23,29)(H,24,28)(H,25,30). The highest BCUT2D eigenvalue weighted by Gasteiger charge is 2.08. The summed E-state index contributed by atoms with van der Waals surface area (Å²) < 4.78 is 0. The summed E-state index contributed by atoms with van der Waals surface area (Å²) in [5, 5.41) is 13.2. The molecule has 0 saturated heterocycles. The fraction of sp³-hybridized carbons (Fsp3) is 0.750. The zero-order valence-corrected chi connectivity index (χ0v) is 18.4. The molecule has 0 aliphatic heterocycles. The average molecular weight is 428 g/mol. The number of hydrogen-bond acceptors (Lipinski definition) is 5. The molecule has 0 unspecified atom stereocenters. The maximum atomic E-state index is 11.7. The first-order chi connectivity index (χ1) is 14.2. The van der Waals surface area contributed by atoms with Crippen LogP contribution in [-0.4, -0.2) is 62.3 Å². The zero-order chi connectivity index (χ0) is 22.8. The van der Waals surface area contributed by atoms with Gasteiger partial charge in [0.05, 0.1) is 0 Å². The second-order valence-electron chi connectivity index (χ2n) is 7.29. The number of nitrogens with one attached hydrogen (secondary N) is 5. The van der Waals surface area contributed by atoms with Gasteiger partial charge in [-0.1, -0.05) is 13.8 Å². The van der Waals surface area contributed by atoms with Gasteiger partial charge in [0.1, 0.15) is 0 Å². The van der Waals surface area contributed by atoms with Crippen molar-refractivity contribution in [3.8, 4) is 0 Å². The second-order valence-corrected chi connectivity index (χ2v) is 7.29. The molecule has 5 N–H and O–H groups in total. The third-order valence-corrected chi connectivity index (χ3v) is 4.02. The van der Waals surface area contributed by atoms with E-state index in [9.17, 15) is 24.0 Å². The van der Waals surface area contributed by atoms with Gasteiger partial charge in [0, 0.05) is 64.8 Å². The number of hydrogen-bond donors (Lipinski definition) is 5. The molecule has 0 heterocycles. The molecule has 0 rings (SSSR count). The summed E-state index contributed by atoms with van der Waals surface area (Å²) in [4.78, 5) is 57.8. The molecule has 0 saturated carbocycles. The summed E-state index contributed by atoms with van der Waals surface area (Å²) in [6, 6.07) is 0. The molecule has 5 amide bonds. The Labute approximate surface area is 178 Å². The molecule has 0 aromatic rings. The van der Waals surface area contributed by atoms with E-state index in [1.54, 1.807) is 0 Å². The number of carbonyl (C=O) groups excluding carboxylic acids is 5. The number of carbonyl (C=O) groups is 5. The van der Waals surface area contributed by atoms with E-state index in [0.29, 0.717) is 18.9 Å². The van der Waals surface area contributed by atoms with Crippen molar-refractivity contribution in [1.29, 1.82) is 0 Å². The van der Waals surface area contributed by atoms with E-state index in [4.69, 9.17) is 0 Å². The first-order valence-corrected chi connectivity index (χ1v) is 10.6. The van der Waals surface area contributed by atoms with Gasteiger partial charge in [0.15, 0.2) is 0 Å². The van der Waals surface area contributed by atoms with Crippen molar-refractivity contribution in [1.82, 2.24) is 26.6 Å². The molecule has 30 heavy (non-hydrogen) atoms. The zero-order valence-electron chi connectivity index (χ0n) is 18.4. The molecular weight excluding hydrogens is 390 g/mol. The highest BCUT2D eigenvalue weighted by atomic mass is 16.2. The van der Waals surface area contributed by atoms with Crippen LogP contribution in [0.1, 0.15) is 59.3 Å². The van der Waals surface area contributed by atoms with Crippen LogP contribution in [-0.2, 0) is 24.0 Å². The Morgan fingerprint density at radius 3 is 1.13 bits per heavy atom. The van der Waals surface area contributed by atoms with Crippen LogP contribution in [0.15, 0.2) is 0 Å². The van der Waals surface area contributed by atoms with Gasteiger partial charge in [-0.15, -0.1) is 0 Å². The van der Waals surface area contributed by atoms with Crippen LogP contribution in [0.3, 0.4) is 0 Å². The van der Waals surface area contributed by atoms with Gasteiger partial charge in [-0.3, -0.25) is 24.0 Å². The van der Waals surface area contributed by atoms with Gasteiger partial charge in [0.25, 0.3) is 0 Å².